The van der Waals surface area contributed by atoms with E-state index >= 15 is 0 Å². The van der Waals surface area contributed by atoms with Crippen LogP contribution >= 0.6 is 0 Å². The molecule has 1 fully saturated rings. The quantitative estimate of drug-likeness (QED) is 0.755. The molecule has 1 aliphatic heterocycles. The number of aliphatic hydroxyl groups excluding tert-OH is 1. The Kier molecular flexibility index (Phi) is 4.66. The van der Waals surface area contributed by atoms with Crippen molar-refractivity contribution in [3.63, 3.8) is 0 Å². The summed E-state index contributed by atoms with van der Waals surface area (Å²) in [5.74, 6) is -0.280. The Morgan fingerprint density at radius 3 is 2.69 bits per heavy atom. The van der Waals surface area contributed by atoms with Gasteiger partial charge in [-0.1, -0.05) is 12.1 Å². The van der Waals surface area contributed by atoms with Crippen LogP contribution in [-0.4, -0.2) is 47.7 Å². The van der Waals surface area contributed by atoms with E-state index in [0.29, 0.717) is 6.54 Å². The Morgan fingerprint density at radius 2 is 1.92 bits per heavy atom. The molecule has 4 nitrogen and oxygen atoms in total. The third-order valence-electron chi connectivity index (χ3n) is 5.21. The summed E-state index contributed by atoms with van der Waals surface area (Å²) in [6.45, 7) is 6.37. The topological polar surface area (TPSA) is 42.5 Å². The molecule has 4 rings (SSSR count). The minimum absolute atomic E-state index is 0.280. The highest BCUT2D eigenvalue weighted by Gasteiger charge is 2.21. The van der Waals surface area contributed by atoms with Crippen molar-refractivity contribution in [3.05, 3.63) is 65.6 Å². The first-order valence-corrected chi connectivity index (χ1v) is 9.09. The van der Waals surface area contributed by atoms with Gasteiger partial charge in [0.15, 0.2) is 0 Å². The van der Waals surface area contributed by atoms with Crippen LogP contribution in [0.4, 0.5) is 10.1 Å². The van der Waals surface area contributed by atoms with Crippen LogP contribution in [0.5, 0.6) is 0 Å². The van der Waals surface area contributed by atoms with Crippen LogP contribution in [0.25, 0.3) is 10.9 Å². The van der Waals surface area contributed by atoms with E-state index in [4.69, 9.17) is 0 Å². The van der Waals surface area contributed by atoms with Gasteiger partial charge >= 0.3 is 0 Å². The summed E-state index contributed by atoms with van der Waals surface area (Å²) in [5.41, 5.74) is 4.15. The molecule has 0 unspecified atom stereocenters. The average Bonchev–Trinajstić information content (AvgIpc) is 3.05. The largest absolute Gasteiger partial charge is 0.387 e. The Morgan fingerprint density at radius 1 is 1.12 bits per heavy atom. The predicted octanol–water partition coefficient (Wildman–Crippen LogP) is 3.47. The molecule has 3 aromatic rings. The van der Waals surface area contributed by atoms with Crippen LogP contribution in [0, 0.1) is 12.7 Å². The van der Waals surface area contributed by atoms with Gasteiger partial charge in [0.1, 0.15) is 5.82 Å². The molecule has 0 amide bonds. The Labute approximate surface area is 152 Å². The summed E-state index contributed by atoms with van der Waals surface area (Å²) >= 11 is 0. The number of rotatable bonds is 4. The van der Waals surface area contributed by atoms with E-state index in [1.165, 1.54) is 23.4 Å². The van der Waals surface area contributed by atoms with E-state index in [-0.39, 0.29) is 5.82 Å². The molecular formula is C21H24FN3O. The van der Waals surface area contributed by atoms with Gasteiger partial charge in [-0.25, -0.2) is 4.39 Å². The van der Waals surface area contributed by atoms with Gasteiger partial charge in [0.2, 0.25) is 0 Å². The fourth-order valence-corrected chi connectivity index (χ4v) is 3.75. The number of halogens is 1. The molecule has 0 bridgehead atoms. The summed E-state index contributed by atoms with van der Waals surface area (Å²) in [5, 5.41) is 11.4. The average molecular weight is 353 g/mol. The van der Waals surface area contributed by atoms with Gasteiger partial charge in [0.25, 0.3) is 0 Å². The molecule has 2 heterocycles. The Bertz CT molecular complexity index is 899. The van der Waals surface area contributed by atoms with Crippen LogP contribution in [0.15, 0.2) is 48.7 Å². The SMILES string of the molecule is Cc1cccc(N2CCN(C[C@@H](O)c3c[nH]c4ccc(F)cc34)CC2)c1. The minimum Gasteiger partial charge on any atom is -0.387 e. The van der Waals surface area contributed by atoms with Gasteiger partial charge < -0.3 is 15.0 Å². The van der Waals surface area contributed by atoms with E-state index in [1.807, 2.05) is 0 Å². The van der Waals surface area contributed by atoms with Crippen molar-refractivity contribution >= 4 is 16.6 Å². The van der Waals surface area contributed by atoms with Gasteiger partial charge in [-0.05, 0) is 42.8 Å². The van der Waals surface area contributed by atoms with Crippen molar-refractivity contribution < 1.29 is 9.50 Å². The Hall–Kier alpha value is -2.37. The number of aromatic amines is 1. The smallest absolute Gasteiger partial charge is 0.123 e. The second-order valence-electron chi connectivity index (χ2n) is 7.08. The summed E-state index contributed by atoms with van der Waals surface area (Å²) in [7, 11) is 0. The fourth-order valence-electron chi connectivity index (χ4n) is 3.75. The zero-order chi connectivity index (χ0) is 18.1. The molecule has 1 atom stereocenters. The van der Waals surface area contributed by atoms with Crippen molar-refractivity contribution in [2.24, 2.45) is 0 Å². The number of nitrogens with one attached hydrogen (secondary N) is 1. The van der Waals surface area contributed by atoms with Crippen molar-refractivity contribution in [3.8, 4) is 0 Å². The number of piperazine rings is 1. The number of hydrogen-bond acceptors (Lipinski definition) is 3. The zero-order valence-electron chi connectivity index (χ0n) is 15.0. The molecular weight excluding hydrogens is 329 g/mol. The molecule has 2 aromatic carbocycles. The molecule has 136 valence electrons. The number of nitrogens with zero attached hydrogens (tertiary/aromatic N) is 2. The van der Waals surface area contributed by atoms with Crippen molar-refractivity contribution in [2.75, 3.05) is 37.6 Å². The molecule has 5 heteroatoms. The molecule has 1 saturated heterocycles. The molecule has 0 radical (unpaired) electrons. The highest BCUT2D eigenvalue weighted by Crippen LogP contribution is 2.26. The van der Waals surface area contributed by atoms with Gasteiger partial charge in [0, 0.05) is 61.1 Å². The van der Waals surface area contributed by atoms with E-state index in [1.54, 1.807) is 12.3 Å². The highest BCUT2D eigenvalue weighted by atomic mass is 19.1. The van der Waals surface area contributed by atoms with Crippen LogP contribution in [0.3, 0.4) is 0 Å². The number of β-amino-alcohol motifs (C(OH)–C–C–N with tert-alkyl or cyclic N) is 1. The monoisotopic (exact) mass is 353 g/mol. The number of aryl methyl sites for hydroxylation is 1. The van der Waals surface area contributed by atoms with E-state index in [2.05, 4.69) is 46.0 Å². The zero-order valence-corrected chi connectivity index (χ0v) is 15.0. The second-order valence-corrected chi connectivity index (χ2v) is 7.08. The first-order valence-electron chi connectivity index (χ1n) is 9.09. The van der Waals surface area contributed by atoms with Crippen LogP contribution in [0.1, 0.15) is 17.2 Å². The lowest BCUT2D eigenvalue weighted by atomic mass is 10.1. The summed E-state index contributed by atoms with van der Waals surface area (Å²) in [4.78, 5) is 7.77. The summed E-state index contributed by atoms with van der Waals surface area (Å²) in [6.07, 6.45) is 1.16. The predicted molar refractivity (Wildman–Crippen MR) is 103 cm³/mol. The first kappa shape index (κ1) is 17.1. The third kappa shape index (κ3) is 3.45. The summed E-state index contributed by atoms with van der Waals surface area (Å²) < 4.78 is 13.5. The minimum atomic E-state index is -0.629. The lowest BCUT2D eigenvalue weighted by Gasteiger charge is -2.37. The van der Waals surface area contributed by atoms with Crippen LogP contribution in [-0.2, 0) is 0 Å². The number of fused-ring (bicyclic) bond motifs is 1. The number of hydrogen-bond donors (Lipinski definition) is 2. The number of anilines is 1. The normalized spacial score (nSPS) is 17.0. The van der Waals surface area contributed by atoms with Gasteiger partial charge in [-0.3, -0.25) is 4.90 Å². The van der Waals surface area contributed by atoms with Gasteiger partial charge in [-0.15, -0.1) is 0 Å². The van der Waals surface area contributed by atoms with E-state index in [9.17, 15) is 9.50 Å². The first-order chi connectivity index (χ1) is 12.6. The summed E-state index contributed by atoms with van der Waals surface area (Å²) in [6, 6.07) is 13.2. The fraction of sp³-hybridized carbons (Fsp3) is 0.333. The number of aromatic nitrogens is 1. The third-order valence-corrected chi connectivity index (χ3v) is 5.21. The number of H-pyrrole nitrogens is 1. The maximum Gasteiger partial charge on any atom is 0.123 e. The van der Waals surface area contributed by atoms with E-state index in [0.717, 1.165) is 42.6 Å². The maximum atomic E-state index is 13.5. The van der Waals surface area contributed by atoms with Crippen molar-refractivity contribution in [2.45, 2.75) is 13.0 Å². The number of benzene rings is 2. The van der Waals surface area contributed by atoms with Crippen molar-refractivity contribution in [1.29, 1.82) is 0 Å². The lowest BCUT2D eigenvalue weighted by Crippen LogP contribution is -2.47. The van der Waals surface area contributed by atoms with Gasteiger partial charge in [0.05, 0.1) is 6.10 Å². The molecule has 0 saturated carbocycles. The lowest BCUT2D eigenvalue weighted by molar-refractivity contribution is 0.110. The van der Waals surface area contributed by atoms with Gasteiger partial charge in [-0.2, -0.15) is 0 Å². The molecule has 2 N–H and O–H groups in total. The number of aliphatic hydroxyl groups is 1. The maximum absolute atomic E-state index is 13.5. The van der Waals surface area contributed by atoms with E-state index < -0.39 is 6.10 Å². The molecule has 0 spiro atoms. The van der Waals surface area contributed by atoms with Crippen LogP contribution < -0.4 is 4.90 Å². The standard InChI is InChI=1S/C21H24FN3O/c1-15-3-2-4-17(11-15)25-9-7-24(8-10-25)14-21(26)19-13-23-20-6-5-16(22)12-18(19)20/h2-6,11-13,21,23,26H,7-10,14H2,1H3/t21-/m1/s1. The van der Waals surface area contributed by atoms with Crippen LogP contribution in [0.2, 0.25) is 0 Å². The molecule has 0 aliphatic carbocycles. The van der Waals surface area contributed by atoms with Crippen molar-refractivity contribution in [1.82, 2.24) is 9.88 Å². The molecule has 1 aromatic heterocycles. The molecule has 26 heavy (non-hydrogen) atoms. The second kappa shape index (κ2) is 7.09. The Balaban J connectivity index is 1.40. The molecule has 1 aliphatic rings. The highest BCUT2D eigenvalue weighted by molar-refractivity contribution is 5.83.